The summed E-state index contributed by atoms with van der Waals surface area (Å²) in [6, 6.07) is 7.30. The molecule has 0 bridgehead atoms. The van der Waals surface area contributed by atoms with E-state index in [-0.39, 0.29) is 11.0 Å². The third kappa shape index (κ3) is 3.42. The quantitative estimate of drug-likeness (QED) is 0.817. The van der Waals surface area contributed by atoms with Crippen LogP contribution in [0.15, 0.2) is 29.1 Å². The molecule has 1 heterocycles. The Morgan fingerprint density at radius 2 is 2.00 bits per heavy atom. The molecule has 2 rings (SSSR count). The van der Waals surface area contributed by atoms with Crippen LogP contribution in [-0.4, -0.2) is 21.5 Å². The Labute approximate surface area is 118 Å². The van der Waals surface area contributed by atoms with Crippen molar-refractivity contribution in [3.05, 3.63) is 34.6 Å². The predicted molar refractivity (Wildman–Crippen MR) is 80.5 cm³/mol. The lowest BCUT2D eigenvalue weighted by Crippen LogP contribution is -2.25. The minimum atomic E-state index is -0.0614. The maximum Gasteiger partial charge on any atom is 0.277 e. The molecule has 2 aromatic rings. The molecule has 5 nitrogen and oxygen atoms in total. The van der Waals surface area contributed by atoms with Crippen LogP contribution in [0.25, 0.3) is 10.9 Å². The lowest BCUT2D eigenvalue weighted by atomic mass is 9.87. The molecule has 0 unspecified atom stereocenters. The first kappa shape index (κ1) is 14.7. The van der Waals surface area contributed by atoms with Gasteiger partial charge in [0.15, 0.2) is 0 Å². The fourth-order valence-corrected chi connectivity index (χ4v) is 2.14. The first-order chi connectivity index (χ1) is 9.53. The summed E-state index contributed by atoms with van der Waals surface area (Å²) in [7, 11) is 0. The van der Waals surface area contributed by atoms with Crippen LogP contribution < -0.4 is 11.3 Å². The number of unbranched alkanes of at least 4 members (excludes halogenated alkanes) is 1. The van der Waals surface area contributed by atoms with E-state index in [1.54, 1.807) is 12.1 Å². The maximum atomic E-state index is 12.2. The van der Waals surface area contributed by atoms with Crippen molar-refractivity contribution in [3.63, 3.8) is 0 Å². The number of fused-ring (bicyclic) bond motifs is 1. The van der Waals surface area contributed by atoms with Gasteiger partial charge in [-0.15, -0.1) is 5.10 Å². The topological polar surface area (TPSA) is 73.8 Å². The summed E-state index contributed by atoms with van der Waals surface area (Å²) in [6.07, 6.45) is 3.00. The Morgan fingerprint density at radius 1 is 1.25 bits per heavy atom. The van der Waals surface area contributed by atoms with Crippen molar-refractivity contribution in [1.29, 1.82) is 0 Å². The summed E-state index contributed by atoms with van der Waals surface area (Å²) >= 11 is 0. The average molecular weight is 274 g/mol. The summed E-state index contributed by atoms with van der Waals surface area (Å²) in [5, 5.41) is 8.70. The number of aromatic nitrogens is 3. The number of benzene rings is 1. The highest BCUT2D eigenvalue weighted by atomic mass is 16.1. The van der Waals surface area contributed by atoms with Crippen LogP contribution in [0.2, 0.25) is 0 Å². The number of hydrogen-bond acceptors (Lipinski definition) is 4. The molecule has 108 valence electrons. The van der Waals surface area contributed by atoms with Crippen molar-refractivity contribution in [3.8, 4) is 0 Å². The van der Waals surface area contributed by atoms with E-state index in [9.17, 15) is 4.79 Å². The zero-order valence-corrected chi connectivity index (χ0v) is 12.2. The zero-order chi connectivity index (χ0) is 14.6. The van der Waals surface area contributed by atoms with Gasteiger partial charge in [0, 0.05) is 6.54 Å². The number of hydrogen-bond donors (Lipinski definition) is 1. The molecular formula is C15H22N4O. The van der Waals surface area contributed by atoms with Crippen LogP contribution in [0, 0.1) is 5.41 Å². The van der Waals surface area contributed by atoms with E-state index in [0.717, 1.165) is 19.3 Å². The van der Waals surface area contributed by atoms with E-state index in [0.29, 0.717) is 24.0 Å². The van der Waals surface area contributed by atoms with E-state index in [2.05, 4.69) is 24.2 Å². The zero-order valence-electron chi connectivity index (χ0n) is 12.2. The van der Waals surface area contributed by atoms with Crippen LogP contribution in [0.1, 0.15) is 33.1 Å². The third-order valence-electron chi connectivity index (χ3n) is 3.66. The van der Waals surface area contributed by atoms with Crippen LogP contribution >= 0.6 is 0 Å². The Kier molecular flexibility index (Phi) is 4.49. The summed E-state index contributed by atoms with van der Waals surface area (Å²) in [5.41, 5.74) is 6.46. The molecule has 5 heteroatoms. The molecule has 2 N–H and O–H groups in total. The van der Waals surface area contributed by atoms with Gasteiger partial charge in [0.05, 0.1) is 5.39 Å². The number of nitrogens with zero attached hydrogens (tertiary/aromatic N) is 3. The van der Waals surface area contributed by atoms with Gasteiger partial charge in [-0.2, -0.15) is 0 Å². The lowest BCUT2D eigenvalue weighted by Gasteiger charge is -2.21. The highest BCUT2D eigenvalue weighted by molar-refractivity contribution is 5.76. The molecule has 1 aromatic heterocycles. The van der Waals surface area contributed by atoms with Gasteiger partial charge in [0.25, 0.3) is 5.56 Å². The summed E-state index contributed by atoms with van der Waals surface area (Å²) in [4.78, 5) is 12.2. The molecular weight excluding hydrogens is 252 g/mol. The lowest BCUT2D eigenvalue weighted by molar-refractivity contribution is 0.326. The van der Waals surface area contributed by atoms with Crippen molar-refractivity contribution >= 4 is 10.9 Å². The highest BCUT2D eigenvalue weighted by Crippen LogP contribution is 2.21. The van der Waals surface area contributed by atoms with Crippen molar-refractivity contribution in [1.82, 2.24) is 15.0 Å². The largest absolute Gasteiger partial charge is 0.330 e. The Bertz CT molecular complexity index is 633. The van der Waals surface area contributed by atoms with Gasteiger partial charge in [-0.25, -0.2) is 4.68 Å². The number of nitrogens with two attached hydrogens (primary N) is 1. The summed E-state index contributed by atoms with van der Waals surface area (Å²) < 4.78 is 1.46. The normalized spacial score (nSPS) is 11.9. The fraction of sp³-hybridized carbons (Fsp3) is 0.533. The second-order valence-electron chi connectivity index (χ2n) is 5.96. The van der Waals surface area contributed by atoms with Gasteiger partial charge >= 0.3 is 0 Å². The Balaban J connectivity index is 2.01. The van der Waals surface area contributed by atoms with Gasteiger partial charge in [-0.05, 0) is 36.9 Å². The van der Waals surface area contributed by atoms with E-state index in [4.69, 9.17) is 5.73 Å². The molecule has 0 radical (unpaired) electrons. The van der Waals surface area contributed by atoms with Crippen LogP contribution in [-0.2, 0) is 6.54 Å². The monoisotopic (exact) mass is 274 g/mol. The van der Waals surface area contributed by atoms with Crippen molar-refractivity contribution in [2.45, 2.75) is 39.7 Å². The fourth-order valence-electron chi connectivity index (χ4n) is 2.14. The van der Waals surface area contributed by atoms with Gasteiger partial charge in [-0.1, -0.05) is 37.6 Å². The molecule has 20 heavy (non-hydrogen) atoms. The number of rotatable bonds is 6. The smallest absolute Gasteiger partial charge is 0.277 e. The van der Waals surface area contributed by atoms with Crippen LogP contribution in [0.3, 0.4) is 0 Å². The van der Waals surface area contributed by atoms with Crippen LogP contribution in [0.4, 0.5) is 0 Å². The first-order valence-electron chi connectivity index (χ1n) is 7.06. The Morgan fingerprint density at radius 3 is 2.75 bits per heavy atom. The summed E-state index contributed by atoms with van der Waals surface area (Å²) in [5.74, 6) is 0. The van der Waals surface area contributed by atoms with E-state index in [1.807, 2.05) is 12.1 Å². The van der Waals surface area contributed by atoms with Gasteiger partial charge < -0.3 is 5.73 Å². The van der Waals surface area contributed by atoms with Crippen LogP contribution in [0.5, 0.6) is 0 Å². The average Bonchev–Trinajstić information content (AvgIpc) is 2.46. The molecule has 0 saturated heterocycles. The molecule has 0 aliphatic carbocycles. The molecule has 0 aliphatic heterocycles. The van der Waals surface area contributed by atoms with Crippen molar-refractivity contribution < 1.29 is 0 Å². The SMILES string of the molecule is CC(C)(CN)CCCCn1nnc2ccccc2c1=O. The molecule has 0 saturated carbocycles. The molecule has 0 fully saturated rings. The minimum absolute atomic E-state index is 0.0614. The van der Waals surface area contributed by atoms with Gasteiger partial charge in [-0.3, -0.25) is 4.79 Å². The van der Waals surface area contributed by atoms with Gasteiger partial charge in [0.2, 0.25) is 0 Å². The maximum absolute atomic E-state index is 12.2. The third-order valence-corrected chi connectivity index (χ3v) is 3.66. The number of aryl methyl sites for hydroxylation is 1. The second-order valence-corrected chi connectivity index (χ2v) is 5.96. The molecule has 0 atom stereocenters. The van der Waals surface area contributed by atoms with Crippen molar-refractivity contribution in [2.24, 2.45) is 11.1 Å². The minimum Gasteiger partial charge on any atom is -0.330 e. The highest BCUT2D eigenvalue weighted by Gasteiger charge is 2.14. The molecule has 0 amide bonds. The molecule has 0 spiro atoms. The van der Waals surface area contributed by atoms with Crippen molar-refractivity contribution in [2.75, 3.05) is 6.54 Å². The van der Waals surface area contributed by atoms with E-state index in [1.165, 1.54) is 4.68 Å². The molecule has 1 aromatic carbocycles. The molecule has 0 aliphatic rings. The van der Waals surface area contributed by atoms with Gasteiger partial charge in [0.1, 0.15) is 5.52 Å². The van der Waals surface area contributed by atoms with E-state index < -0.39 is 0 Å². The predicted octanol–water partition coefficient (Wildman–Crippen LogP) is 1.95. The summed E-state index contributed by atoms with van der Waals surface area (Å²) in [6.45, 7) is 5.62. The first-order valence-corrected chi connectivity index (χ1v) is 7.06. The Hall–Kier alpha value is -1.75. The standard InChI is InChI=1S/C15H22N4O/c1-15(2,11-16)9-5-6-10-19-14(20)12-7-3-4-8-13(12)17-18-19/h3-4,7-8H,5-6,9-11,16H2,1-2H3. The van der Waals surface area contributed by atoms with E-state index >= 15 is 0 Å². The second kappa shape index (κ2) is 6.13.